The van der Waals surface area contributed by atoms with Gasteiger partial charge in [0.15, 0.2) is 5.96 Å². The largest absolute Gasteiger partial charge is 0.370 e. The van der Waals surface area contributed by atoms with Gasteiger partial charge in [-0.25, -0.2) is 0 Å². The third kappa shape index (κ3) is 5.50. The van der Waals surface area contributed by atoms with Gasteiger partial charge >= 0.3 is 0 Å². The first-order valence-corrected chi connectivity index (χ1v) is 5.35. The second-order valence-electron chi connectivity index (χ2n) is 3.48. The van der Waals surface area contributed by atoms with Gasteiger partial charge in [-0.15, -0.1) is 0 Å². The minimum Gasteiger partial charge on any atom is -0.370 e. The Kier molecular flexibility index (Phi) is 5.17. The smallest absolute Gasteiger partial charge is 0.226 e. The Morgan fingerprint density at radius 2 is 1.56 bits per heavy atom. The van der Waals surface area contributed by atoms with E-state index < -0.39 is 0 Å². The lowest BCUT2D eigenvalue weighted by Crippen LogP contribution is -2.27. The molecule has 0 aliphatic carbocycles. The molecule has 0 aliphatic rings. The van der Waals surface area contributed by atoms with Crippen LogP contribution in [-0.4, -0.2) is 24.4 Å². The van der Waals surface area contributed by atoms with E-state index in [1.807, 2.05) is 30.3 Å². The van der Waals surface area contributed by atoms with Crippen LogP contribution < -0.4 is 22.9 Å². The number of nitrogens with zero attached hydrogens (tertiary/aromatic N) is 3. The molecule has 0 radical (unpaired) electrons. The van der Waals surface area contributed by atoms with Crippen molar-refractivity contribution >= 4 is 17.9 Å². The van der Waals surface area contributed by atoms with E-state index >= 15 is 0 Å². The molecule has 1 aromatic carbocycles. The van der Waals surface area contributed by atoms with Crippen molar-refractivity contribution in [3.8, 4) is 0 Å². The van der Waals surface area contributed by atoms with Crippen LogP contribution in [0.25, 0.3) is 0 Å². The Balaban J connectivity index is 2.50. The predicted molar refractivity (Wildman–Crippen MR) is 74.1 cm³/mol. The van der Waals surface area contributed by atoms with E-state index in [4.69, 9.17) is 22.9 Å². The highest BCUT2D eigenvalue weighted by Gasteiger charge is 1.94. The van der Waals surface area contributed by atoms with E-state index in [2.05, 4.69) is 15.0 Å². The third-order valence-corrected chi connectivity index (χ3v) is 1.99. The molecule has 0 spiro atoms. The Hall–Kier alpha value is -2.57. The van der Waals surface area contributed by atoms with E-state index in [-0.39, 0.29) is 17.9 Å². The zero-order valence-electron chi connectivity index (χ0n) is 9.95. The summed E-state index contributed by atoms with van der Waals surface area (Å²) in [5.74, 6) is -0.238. The van der Waals surface area contributed by atoms with Crippen LogP contribution in [0.15, 0.2) is 45.3 Å². The molecule has 0 unspecified atom stereocenters. The number of nitrogens with two attached hydrogens (primary N) is 4. The molecule has 0 aliphatic heterocycles. The summed E-state index contributed by atoms with van der Waals surface area (Å²) >= 11 is 0. The van der Waals surface area contributed by atoms with Crippen LogP contribution in [0.3, 0.4) is 0 Å². The molecule has 96 valence electrons. The molecule has 18 heavy (non-hydrogen) atoms. The summed E-state index contributed by atoms with van der Waals surface area (Å²) in [5.41, 5.74) is 22.4. The Bertz CT molecular complexity index is 458. The molecule has 7 nitrogen and oxygen atoms in total. The van der Waals surface area contributed by atoms with Gasteiger partial charge in [-0.1, -0.05) is 30.3 Å². The van der Waals surface area contributed by atoms with Crippen molar-refractivity contribution < 1.29 is 0 Å². The van der Waals surface area contributed by atoms with Crippen molar-refractivity contribution in [2.45, 2.75) is 6.42 Å². The highest BCUT2D eigenvalue weighted by molar-refractivity contribution is 5.99. The molecule has 0 aromatic heterocycles. The number of hydrogen-bond donors (Lipinski definition) is 4. The summed E-state index contributed by atoms with van der Waals surface area (Å²) in [6, 6.07) is 9.93. The van der Waals surface area contributed by atoms with Gasteiger partial charge in [0.05, 0.1) is 0 Å². The Morgan fingerprint density at radius 3 is 2.17 bits per heavy atom. The van der Waals surface area contributed by atoms with Gasteiger partial charge in [-0.2, -0.15) is 9.98 Å². The summed E-state index contributed by atoms with van der Waals surface area (Å²) in [7, 11) is 0. The number of hydrogen-bond acceptors (Lipinski definition) is 1. The minimum absolute atomic E-state index is 0.0495. The first-order chi connectivity index (χ1) is 8.58. The average Bonchev–Trinajstić information content (AvgIpc) is 2.29. The van der Waals surface area contributed by atoms with E-state index in [1.54, 1.807) is 0 Å². The fourth-order valence-electron chi connectivity index (χ4n) is 1.25. The fraction of sp³-hybridized carbons (Fsp3) is 0.182. The van der Waals surface area contributed by atoms with Crippen LogP contribution in [0.4, 0.5) is 0 Å². The molecule has 1 aromatic rings. The molecule has 7 heteroatoms. The van der Waals surface area contributed by atoms with Gasteiger partial charge in [0.2, 0.25) is 11.9 Å². The van der Waals surface area contributed by atoms with Crippen molar-refractivity contribution in [1.29, 1.82) is 0 Å². The van der Waals surface area contributed by atoms with Gasteiger partial charge < -0.3 is 22.9 Å². The predicted octanol–water partition coefficient (Wildman–Crippen LogP) is -0.868. The standard InChI is InChI=1S/C11H17N7/c12-9(13)17-11(15)18-10(14)16-7-6-8-4-2-1-3-5-8/h1-5H,6-7H2,(H8,12,13,14,15,16,17,18). The summed E-state index contributed by atoms with van der Waals surface area (Å²) in [6.07, 6.45) is 0.777. The van der Waals surface area contributed by atoms with Crippen molar-refractivity contribution in [2.24, 2.45) is 37.9 Å². The first-order valence-electron chi connectivity index (χ1n) is 5.35. The zero-order chi connectivity index (χ0) is 13.4. The summed E-state index contributed by atoms with van der Waals surface area (Å²) in [5, 5.41) is 0. The first kappa shape index (κ1) is 13.5. The lowest BCUT2D eigenvalue weighted by Gasteiger charge is -1.98. The monoisotopic (exact) mass is 247 g/mol. The second kappa shape index (κ2) is 6.89. The maximum atomic E-state index is 5.55. The lowest BCUT2D eigenvalue weighted by atomic mass is 10.2. The molecule has 0 bridgehead atoms. The molecule has 0 heterocycles. The molecular formula is C11H17N7. The fourth-order valence-corrected chi connectivity index (χ4v) is 1.25. The molecular weight excluding hydrogens is 230 g/mol. The molecule has 0 fully saturated rings. The molecule has 0 atom stereocenters. The number of aliphatic imine (C=N–C) groups is 3. The third-order valence-electron chi connectivity index (χ3n) is 1.99. The normalized spacial score (nSPS) is 12.2. The van der Waals surface area contributed by atoms with Crippen LogP contribution in [0.2, 0.25) is 0 Å². The van der Waals surface area contributed by atoms with Crippen LogP contribution in [0, 0.1) is 0 Å². The number of guanidine groups is 3. The Morgan fingerprint density at radius 1 is 0.889 bits per heavy atom. The SMILES string of the molecule is NC(N)=NC(N)=NC(N)=NCCc1ccccc1. The average molecular weight is 247 g/mol. The molecule has 1 rings (SSSR count). The Labute approximate surface area is 105 Å². The topological polar surface area (TPSA) is 141 Å². The summed E-state index contributed by atoms with van der Waals surface area (Å²) in [6.45, 7) is 0.522. The van der Waals surface area contributed by atoms with Crippen LogP contribution in [-0.2, 0) is 6.42 Å². The molecule has 8 N–H and O–H groups in total. The van der Waals surface area contributed by atoms with Crippen molar-refractivity contribution in [2.75, 3.05) is 6.54 Å². The van der Waals surface area contributed by atoms with Gasteiger partial charge in [-0.3, -0.25) is 4.99 Å². The summed E-state index contributed by atoms with van der Waals surface area (Å²) < 4.78 is 0. The number of benzene rings is 1. The van der Waals surface area contributed by atoms with Crippen LogP contribution in [0.1, 0.15) is 5.56 Å². The van der Waals surface area contributed by atoms with Gasteiger partial charge in [-0.05, 0) is 12.0 Å². The second-order valence-corrected chi connectivity index (χ2v) is 3.48. The van der Waals surface area contributed by atoms with E-state index in [0.717, 1.165) is 6.42 Å². The molecule has 0 saturated heterocycles. The highest BCUT2D eigenvalue weighted by atomic mass is 15.2. The number of rotatable bonds is 3. The van der Waals surface area contributed by atoms with E-state index in [9.17, 15) is 0 Å². The van der Waals surface area contributed by atoms with Crippen molar-refractivity contribution in [1.82, 2.24) is 0 Å². The van der Waals surface area contributed by atoms with E-state index in [0.29, 0.717) is 6.54 Å². The molecule has 0 amide bonds. The minimum atomic E-state index is -0.173. The van der Waals surface area contributed by atoms with Crippen LogP contribution in [0.5, 0.6) is 0 Å². The van der Waals surface area contributed by atoms with E-state index in [1.165, 1.54) is 5.56 Å². The highest BCUT2D eigenvalue weighted by Crippen LogP contribution is 1.99. The van der Waals surface area contributed by atoms with Gasteiger partial charge in [0.1, 0.15) is 0 Å². The van der Waals surface area contributed by atoms with Gasteiger partial charge in [0.25, 0.3) is 0 Å². The molecule has 0 saturated carbocycles. The maximum Gasteiger partial charge on any atom is 0.226 e. The quantitative estimate of drug-likeness (QED) is 0.407. The van der Waals surface area contributed by atoms with Crippen molar-refractivity contribution in [3.05, 3.63) is 35.9 Å². The van der Waals surface area contributed by atoms with Crippen LogP contribution >= 0.6 is 0 Å². The lowest BCUT2D eigenvalue weighted by molar-refractivity contribution is 0.962. The zero-order valence-corrected chi connectivity index (χ0v) is 9.95. The maximum absolute atomic E-state index is 5.55. The summed E-state index contributed by atoms with van der Waals surface area (Å²) in [4.78, 5) is 11.3. The van der Waals surface area contributed by atoms with Crippen molar-refractivity contribution in [3.63, 3.8) is 0 Å². The van der Waals surface area contributed by atoms with Gasteiger partial charge in [0, 0.05) is 6.54 Å².